The molecule has 0 aliphatic rings. The Balaban J connectivity index is 3.03. The molecule has 5 heteroatoms. The second-order valence-corrected chi connectivity index (χ2v) is 3.02. The Bertz CT molecular complexity index is 337. The maximum atomic E-state index is 8.53. The summed E-state index contributed by atoms with van der Waals surface area (Å²) in [5.41, 5.74) is 6.00. The van der Waals surface area contributed by atoms with Gasteiger partial charge in [0, 0.05) is 6.20 Å². The average Bonchev–Trinajstić information content (AvgIpc) is 2.16. The number of rotatable bonds is 3. The van der Waals surface area contributed by atoms with Crippen LogP contribution < -0.4 is 10.5 Å². The number of hydrogen-bond donors (Lipinski definition) is 2. The third-order valence-electron chi connectivity index (χ3n) is 1.53. The van der Waals surface area contributed by atoms with Crippen LogP contribution in [-0.4, -0.2) is 22.1 Å². The molecule has 0 aromatic carbocycles. The first-order valence-corrected chi connectivity index (χ1v) is 4.23. The van der Waals surface area contributed by atoms with E-state index in [1.165, 1.54) is 6.20 Å². The van der Waals surface area contributed by atoms with Crippen molar-refractivity contribution >= 4 is 5.84 Å². The highest BCUT2D eigenvalue weighted by molar-refractivity contribution is 5.99. The number of ether oxygens (including phenoxy) is 1. The van der Waals surface area contributed by atoms with Crippen LogP contribution in [0.5, 0.6) is 5.75 Å². The van der Waals surface area contributed by atoms with E-state index in [0.717, 1.165) is 0 Å². The van der Waals surface area contributed by atoms with Crippen LogP contribution in [0.3, 0.4) is 0 Å². The van der Waals surface area contributed by atoms with E-state index in [2.05, 4.69) is 10.1 Å². The van der Waals surface area contributed by atoms with Crippen LogP contribution in [0, 0.1) is 0 Å². The number of pyridine rings is 1. The van der Waals surface area contributed by atoms with Crippen molar-refractivity contribution < 1.29 is 9.94 Å². The van der Waals surface area contributed by atoms with E-state index in [-0.39, 0.29) is 11.9 Å². The van der Waals surface area contributed by atoms with Crippen molar-refractivity contribution in [3.63, 3.8) is 0 Å². The quantitative estimate of drug-likeness (QED) is 0.326. The van der Waals surface area contributed by atoms with Crippen molar-refractivity contribution in [3.8, 4) is 5.75 Å². The fraction of sp³-hybridized carbons (Fsp3) is 0.333. The molecule has 1 rings (SSSR count). The highest BCUT2D eigenvalue weighted by Crippen LogP contribution is 2.17. The van der Waals surface area contributed by atoms with E-state index in [1.807, 2.05) is 13.8 Å². The summed E-state index contributed by atoms with van der Waals surface area (Å²) in [4.78, 5) is 3.90. The van der Waals surface area contributed by atoms with Crippen molar-refractivity contribution in [2.24, 2.45) is 10.9 Å². The Morgan fingerprint density at radius 1 is 1.64 bits per heavy atom. The second-order valence-electron chi connectivity index (χ2n) is 3.02. The summed E-state index contributed by atoms with van der Waals surface area (Å²) in [5.74, 6) is 0.529. The number of nitrogens with zero attached hydrogens (tertiary/aromatic N) is 2. The van der Waals surface area contributed by atoms with Crippen LogP contribution >= 0.6 is 0 Å². The van der Waals surface area contributed by atoms with Gasteiger partial charge in [0.15, 0.2) is 5.84 Å². The molecular formula is C9H13N3O2. The minimum absolute atomic E-state index is 0.0167. The van der Waals surface area contributed by atoms with Gasteiger partial charge < -0.3 is 15.7 Å². The van der Waals surface area contributed by atoms with E-state index in [0.29, 0.717) is 11.3 Å². The highest BCUT2D eigenvalue weighted by Gasteiger charge is 2.08. The van der Waals surface area contributed by atoms with Crippen LogP contribution in [-0.2, 0) is 0 Å². The Morgan fingerprint density at radius 2 is 2.36 bits per heavy atom. The van der Waals surface area contributed by atoms with Crippen LogP contribution in [0.25, 0.3) is 0 Å². The molecule has 1 aromatic rings. The predicted octanol–water partition coefficient (Wildman–Crippen LogP) is 0.963. The lowest BCUT2D eigenvalue weighted by atomic mass is 10.2. The first-order valence-electron chi connectivity index (χ1n) is 4.23. The molecule has 76 valence electrons. The van der Waals surface area contributed by atoms with Crippen molar-refractivity contribution in [2.45, 2.75) is 20.0 Å². The van der Waals surface area contributed by atoms with Crippen LogP contribution in [0.1, 0.15) is 19.4 Å². The number of aromatic nitrogens is 1. The van der Waals surface area contributed by atoms with Gasteiger partial charge in [-0.2, -0.15) is 0 Å². The van der Waals surface area contributed by atoms with Gasteiger partial charge >= 0.3 is 0 Å². The van der Waals surface area contributed by atoms with E-state index in [9.17, 15) is 0 Å². The summed E-state index contributed by atoms with van der Waals surface area (Å²) in [6.45, 7) is 3.78. The van der Waals surface area contributed by atoms with Crippen LogP contribution in [0.15, 0.2) is 23.6 Å². The third-order valence-corrected chi connectivity index (χ3v) is 1.53. The molecule has 0 aliphatic heterocycles. The Labute approximate surface area is 82.2 Å². The van der Waals surface area contributed by atoms with Gasteiger partial charge in [0.25, 0.3) is 0 Å². The average molecular weight is 195 g/mol. The molecule has 14 heavy (non-hydrogen) atoms. The van der Waals surface area contributed by atoms with Crippen molar-refractivity contribution in [2.75, 3.05) is 0 Å². The van der Waals surface area contributed by atoms with Gasteiger partial charge in [0.1, 0.15) is 5.75 Å². The highest BCUT2D eigenvalue weighted by atomic mass is 16.5. The standard InChI is InChI=1S/C9H13N3O2/c1-6(2)14-8-5-11-4-3-7(8)9(10)12-13/h3-6,13H,1-2H3,(H2,10,12). The van der Waals surface area contributed by atoms with Gasteiger partial charge in [-0.1, -0.05) is 5.16 Å². The van der Waals surface area contributed by atoms with E-state index in [1.54, 1.807) is 12.3 Å². The van der Waals surface area contributed by atoms with Crippen molar-refractivity contribution in [1.29, 1.82) is 0 Å². The molecule has 0 saturated carbocycles. The SMILES string of the molecule is CC(C)Oc1cnccc1/C(N)=N/O. The fourth-order valence-corrected chi connectivity index (χ4v) is 0.993. The number of hydrogen-bond acceptors (Lipinski definition) is 4. The lowest BCUT2D eigenvalue weighted by Crippen LogP contribution is -2.17. The minimum atomic E-state index is 0.0167. The summed E-state index contributed by atoms with van der Waals surface area (Å²) in [6.07, 6.45) is 3.11. The van der Waals surface area contributed by atoms with E-state index >= 15 is 0 Å². The maximum absolute atomic E-state index is 8.53. The second kappa shape index (κ2) is 4.45. The zero-order valence-electron chi connectivity index (χ0n) is 8.14. The Hall–Kier alpha value is -1.78. The van der Waals surface area contributed by atoms with Gasteiger partial charge in [-0.05, 0) is 19.9 Å². The Morgan fingerprint density at radius 3 is 2.93 bits per heavy atom. The summed E-state index contributed by atoms with van der Waals surface area (Å²) in [6, 6.07) is 1.63. The first-order chi connectivity index (χ1) is 6.65. The molecule has 0 atom stereocenters. The molecule has 0 spiro atoms. The number of oxime groups is 1. The minimum Gasteiger partial charge on any atom is -0.489 e. The van der Waals surface area contributed by atoms with E-state index in [4.69, 9.17) is 15.7 Å². The monoisotopic (exact) mass is 195 g/mol. The molecule has 0 radical (unpaired) electrons. The largest absolute Gasteiger partial charge is 0.489 e. The predicted molar refractivity (Wildman–Crippen MR) is 52.5 cm³/mol. The number of amidine groups is 1. The maximum Gasteiger partial charge on any atom is 0.173 e. The van der Waals surface area contributed by atoms with Gasteiger partial charge in [-0.15, -0.1) is 0 Å². The molecule has 0 aliphatic carbocycles. The molecule has 0 amide bonds. The molecule has 0 bridgehead atoms. The van der Waals surface area contributed by atoms with Crippen LogP contribution in [0.2, 0.25) is 0 Å². The molecule has 1 heterocycles. The van der Waals surface area contributed by atoms with Gasteiger partial charge in [-0.25, -0.2) is 0 Å². The van der Waals surface area contributed by atoms with Crippen molar-refractivity contribution in [1.82, 2.24) is 4.98 Å². The topological polar surface area (TPSA) is 80.7 Å². The summed E-state index contributed by atoms with van der Waals surface area (Å²) in [5, 5.41) is 11.4. The van der Waals surface area contributed by atoms with E-state index < -0.39 is 0 Å². The third kappa shape index (κ3) is 2.35. The van der Waals surface area contributed by atoms with Gasteiger partial charge in [0.05, 0.1) is 17.9 Å². The zero-order valence-corrected chi connectivity index (χ0v) is 8.14. The molecular weight excluding hydrogens is 182 g/mol. The van der Waals surface area contributed by atoms with Gasteiger partial charge in [0.2, 0.25) is 0 Å². The van der Waals surface area contributed by atoms with Crippen LogP contribution in [0.4, 0.5) is 0 Å². The smallest absolute Gasteiger partial charge is 0.173 e. The molecule has 0 saturated heterocycles. The summed E-state index contributed by atoms with van der Waals surface area (Å²) >= 11 is 0. The van der Waals surface area contributed by atoms with Gasteiger partial charge in [-0.3, -0.25) is 4.98 Å². The number of nitrogens with two attached hydrogens (primary N) is 1. The van der Waals surface area contributed by atoms with Crippen molar-refractivity contribution in [3.05, 3.63) is 24.0 Å². The summed E-state index contributed by atoms with van der Waals surface area (Å²) < 4.78 is 5.43. The lowest BCUT2D eigenvalue weighted by Gasteiger charge is -2.12. The molecule has 1 aromatic heterocycles. The fourth-order valence-electron chi connectivity index (χ4n) is 0.993. The Kier molecular flexibility index (Phi) is 3.28. The molecule has 5 nitrogen and oxygen atoms in total. The molecule has 0 fully saturated rings. The normalized spacial score (nSPS) is 11.8. The first kappa shape index (κ1) is 10.3. The zero-order chi connectivity index (χ0) is 10.6. The molecule has 0 unspecified atom stereocenters. The lowest BCUT2D eigenvalue weighted by molar-refractivity contribution is 0.240. The summed E-state index contributed by atoms with van der Waals surface area (Å²) in [7, 11) is 0. The molecule has 3 N–H and O–H groups in total.